The van der Waals surface area contributed by atoms with Gasteiger partial charge in [-0.2, -0.15) is 5.10 Å². The van der Waals surface area contributed by atoms with Crippen molar-refractivity contribution >= 4 is 28.6 Å². The molecule has 0 aliphatic carbocycles. The number of benzene rings is 2. The summed E-state index contributed by atoms with van der Waals surface area (Å²) in [6.45, 7) is 2.00. The fraction of sp³-hybridized carbons (Fsp3) is 0.105. The van der Waals surface area contributed by atoms with Crippen LogP contribution in [-0.2, 0) is 6.61 Å². The van der Waals surface area contributed by atoms with E-state index in [0.29, 0.717) is 27.0 Å². The summed E-state index contributed by atoms with van der Waals surface area (Å²) in [4.78, 5) is 16.6. The molecule has 0 fully saturated rings. The number of nitrogen functional groups attached to an aromatic ring is 1. The van der Waals surface area contributed by atoms with E-state index in [1.165, 1.54) is 18.3 Å². The molecule has 0 radical (unpaired) electrons. The predicted molar refractivity (Wildman–Crippen MR) is 103 cm³/mol. The molecule has 1 amide bonds. The lowest BCUT2D eigenvalue weighted by Gasteiger charge is -2.09. The molecule has 3 N–H and O–H groups in total. The zero-order chi connectivity index (χ0) is 19.2. The minimum atomic E-state index is -0.373. The maximum Gasteiger partial charge on any atom is 0.283 e. The summed E-state index contributed by atoms with van der Waals surface area (Å²) in [6.07, 6.45) is 1.50. The summed E-state index contributed by atoms with van der Waals surface area (Å²) in [7, 11) is 0. The van der Waals surface area contributed by atoms with Crippen LogP contribution in [0.15, 0.2) is 53.6 Å². The van der Waals surface area contributed by atoms with Gasteiger partial charge in [0.05, 0.1) is 11.9 Å². The van der Waals surface area contributed by atoms with Crippen LogP contribution in [0.25, 0.3) is 0 Å². The monoisotopic (exact) mass is 384 g/mol. The van der Waals surface area contributed by atoms with Crippen molar-refractivity contribution in [3.05, 3.63) is 76.0 Å². The van der Waals surface area contributed by atoms with Crippen LogP contribution >= 0.6 is 11.3 Å². The van der Waals surface area contributed by atoms with Crippen LogP contribution in [0, 0.1) is 12.7 Å². The van der Waals surface area contributed by atoms with Crippen molar-refractivity contribution in [2.45, 2.75) is 13.5 Å². The number of carbonyl (C=O) groups excluding carboxylic acids is 1. The van der Waals surface area contributed by atoms with Crippen molar-refractivity contribution < 1.29 is 13.9 Å². The first-order valence-corrected chi connectivity index (χ1v) is 8.87. The van der Waals surface area contributed by atoms with Gasteiger partial charge in [-0.05, 0) is 36.8 Å². The molecule has 0 bridgehead atoms. The Kier molecular flexibility index (Phi) is 5.77. The third kappa shape index (κ3) is 4.89. The van der Waals surface area contributed by atoms with Gasteiger partial charge in [0, 0.05) is 5.56 Å². The molecule has 0 spiro atoms. The third-order valence-electron chi connectivity index (χ3n) is 3.62. The van der Waals surface area contributed by atoms with Gasteiger partial charge < -0.3 is 10.5 Å². The highest BCUT2D eigenvalue weighted by atomic mass is 32.1. The number of hydrogen-bond donors (Lipinski definition) is 2. The molecule has 2 aromatic carbocycles. The van der Waals surface area contributed by atoms with Crippen LogP contribution in [-0.4, -0.2) is 17.1 Å². The number of nitrogens with zero attached hydrogens (tertiary/aromatic N) is 2. The molecule has 0 aliphatic heterocycles. The number of nitrogens with two attached hydrogens (primary N) is 1. The first kappa shape index (κ1) is 18.5. The van der Waals surface area contributed by atoms with E-state index in [-0.39, 0.29) is 18.3 Å². The smallest absolute Gasteiger partial charge is 0.283 e. The normalized spacial score (nSPS) is 10.9. The van der Waals surface area contributed by atoms with Crippen LogP contribution in [0.1, 0.15) is 26.5 Å². The minimum Gasteiger partial charge on any atom is -0.488 e. The lowest BCUT2D eigenvalue weighted by molar-refractivity contribution is 0.0958. The molecule has 1 heterocycles. The van der Waals surface area contributed by atoms with Gasteiger partial charge in [-0.25, -0.2) is 14.8 Å². The van der Waals surface area contributed by atoms with Gasteiger partial charge in [0.25, 0.3) is 5.91 Å². The Hall–Kier alpha value is -3.26. The van der Waals surface area contributed by atoms with Gasteiger partial charge in [0.2, 0.25) is 0 Å². The van der Waals surface area contributed by atoms with Crippen LogP contribution in [0.2, 0.25) is 0 Å². The number of carbonyl (C=O) groups is 1. The van der Waals surface area contributed by atoms with E-state index >= 15 is 0 Å². The summed E-state index contributed by atoms with van der Waals surface area (Å²) < 4.78 is 18.7. The van der Waals surface area contributed by atoms with Gasteiger partial charge in [-0.1, -0.05) is 35.6 Å². The number of anilines is 1. The molecule has 6 nitrogen and oxygen atoms in total. The molecule has 0 saturated heterocycles. The van der Waals surface area contributed by atoms with E-state index < -0.39 is 0 Å². The maximum absolute atomic E-state index is 13.0. The fourth-order valence-corrected chi connectivity index (χ4v) is 3.02. The number of nitrogens with one attached hydrogen (secondary N) is 1. The van der Waals surface area contributed by atoms with Gasteiger partial charge in [0.15, 0.2) is 5.13 Å². The van der Waals surface area contributed by atoms with Crippen molar-refractivity contribution in [2.24, 2.45) is 5.10 Å². The van der Waals surface area contributed by atoms with Crippen LogP contribution in [0.3, 0.4) is 0 Å². The highest BCUT2D eigenvalue weighted by Crippen LogP contribution is 2.20. The quantitative estimate of drug-likeness (QED) is 0.503. The second kappa shape index (κ2) is 8.41. The standard InChI is InChI=1S/C19H17FN4O2S/c1-12-17(27-19(21)23-12)18(25)24-22-10-14-4-2-3-5-16(14)26-11-13-6-8-15(20)9-7-13/h2-10H,11H2,1H3,(H2,21,23)(H,24,25). The lowest BCUT2D eigenvalue weighted by Crippen LogP contribution is -2.17. The first-order valence-electron chi connectivity index (χ1n) is 8.05. The van der Waals surface area contributed by atoms with E-state index in [0.717, 1.165) is 16.9 Å². The number of hydrazone groups is 1. The average molecular weight is 384 g/mol. The van der Waals surface area contributed by atoms with Crippen LogP contribution < -0.4 is 15.9 Å². The Balaban J connectivity index is 1.64. The molecule has 0 saturated carbocycles. The summed E-state index contributed by atoms with van der Waals surface area (Å²) >= 11 is 1.11. The zero-order valence-electron chi connectivity index (χ0n) is 14.5. The topological polar surface area (TPSA) is 89.6 Å². The van der Waals surface area contributed by atoms with Gasteiger partial charge in [-0.15, -0.1) is 0 Å². The van der Waals surface area contributed by atoms with Crippen molar-refractivity contribution in [3.8, 4) is 5.75 Å². The number of aryl methyl sites for hydroxylation is 1. The van der Waals surface area contributed by atoms with Crippen LogP contribution in [0.5, 0.6) is 5.75 Å². The third-order valence-corrected chi connectivity index (χ3v) is 4.60. The van der Waals surface area contributed by atoms with E-state index in [4.69, 9.17) is 10.5 Å². The molecular formula is C19H17FN4O2S. The number of amides is 1. The average Bonchev–Trinajstić information content (AvgIpc) is 3.00. The van der Waals surface area contributed by atoms with Gasteiger partial charge in [-0.3, -0.25) is 4.79 Å². The van der Waals surface area contributed by atoms with E-state index in [9.17, 15) is 9.18 Å². The highest BCUT2D eigenvalue weighted by molar-refractivity contribution is 7.17. The van der Waals surface area contributed by atoms with E-state index in [1.54, 1.807) is 25.1 Å². The molecule has 27 heavy (non-hydrogen) atoms. The van der Waals surface area contributed by atoms with Crippen LogP contribution in [0.4, 0.5) is 9.52 Å². The van der Waals surface area contributed by atoms with Gasteiger partial charge in [0.1, 0.15) is 23.1 Å². The molecule has 1 aromatic heterocycles. The summed E-state index contributed by atoms with van der Waals surface area (Å²) in [5.74, 6) is -0.0688. The molecule has 0 atom stereocenters. The number of ether oxygens (including phenoxy) is 1. The lowest BCUT2D eigenvalue weighted by atomic mass is 10.2. The maximum atomic E-state index is 13.0. The summed E-state index contributed by atoms with van der Waals surface area (Å²) in [5.41, 5.74) is 10.2. The van der Waals surface area contributed by atoms with E-state index in [1.807, 2.05) is 18.2 Å². The Morgan fingerprint density at radius 1 is 1.30 bits per heavy atom. The van der Waals surface area contributed by atoms with Crippen molar-refractivity contribution in [1.29, 1.82) is 0 Å². The predicted octanol–water partition coefficient (Wildman–Crippen LogP) is 3.52. The molecule has 8 heteroatoms. The molecule has 0 aliphatic rings. The Labute approximate surface area is 159 Å². The highest BCUT2D eigenvalue weighted by Gasteiger charge is 2.13. The second-order valence-electron chi connectivity index (χ2n) is 5.62. The van der Waals surface area contributed by atoms with E-state index in [2.05, 4.69) is 15.5 Å². The summed E-state index contributed by atoms with van der Waals surface area (Å²) in [6, 6.07) is 13.4. The Morgan fingerprint density at radius 2 is 2.04 bits per heavy atom. The number of para-hydroxylation sites is 1. The van der Waals surface area contributed by atoms with Crippen molar-refractivity contribution in [3.63, 3.8) is 0 Å². The number of aromatic nitrogens is 1. The van der Waals surface area contributed by atoms with Gasteiger partial charge >= 0.3 is 0 Å². The number of halogens is 1. The Bertz CT molecular complexity index is 970. The second-order valence-corrected chi connectivity index (χ2v) is 6.65. The molecule has 138 valence electrons. The first-order chi connectivity index (χ1) is 13.0. The van der Waals surface area contributed by atoms with Crippen molar-refractivity contribution in [1.82, 2.24) is 10.4 Å². The molecular weight excluding hydrogens is 367 g/mol. The zero-order valence-corrected chi connectivity index (χ0v) is 15.3. The number of thiazole rings is 1. The summed E-state index contributed by atoms with van der Waals surface area (Å²) in [5, 5.41) is 4.31. The number of hydrogen-bond acceptors (Lipinski definition) is 6. The Morgan fingerprint density at radius 3 is 2.74 bits per heavy atom. The molecule has 0 unspecified atom stereocenters. The number of rotatable bonds is 6. The molecule has 3 aromatic rings. The molecule has 3 rings (SSSR count). The van der Waals surface area contributed by atoms with Crippen molar-refractivity contribution in [2.75, 3.05) is 5.73 Å². The fourth-order valence-electron chi connectivity index (χ4n) is 2.30. The SMILES string of the molecule is Cc1nc(N)sc1C(=O)NN=Cc1ccccc1OCc1ccc(F)cc1. The minimum absolute atomic E-state index is 0.289. The largest absolute Gasteiger partial charge is 0.488 e.